The van der Waals surface area contributed by atoms with Crippen molar-refractivity contribution in [3.05, 3.63) is 101 Å². The minimum Gasteiger partial charge on any atom is -0.354 e. The van der Waals surface area contributed by atoms with Crippen molar-refractivity contribution in [3.63, 3.8) is 0 Å². The Morgan fingerprint density at radius 1 is 0.944 bits per heavy atom. The number of anilines is 1. The standard InChI is InChI=1S/C29H30FN5O/c1-34-28(36)26(22-9-11-24(30)12-10-22)27(23-13-15-31-16-14-23)33-29(34)32-20-25(35-17-5-6-18-35)19-21-7-3-2-4-8-21/h2-4,7-16,25H,5-6,17-20H2,1H3,(H,32,33). The van der Waals surface area contributed by atoms with Crippen molar-refractivity contribution in [3.8, 4) is 22.4 Å². The van der Waals surface area contributed by atoms with Gasteiger partial charge in [-0.3, -0.25) is 19.2 Å². The highest BCUT2D eigenvalue weighted by Crippen LogP contribution is 2.29. The van der Waals surface area contributed by atoms with Gasteiger partial charge in [-0.2, -0.15) is 0 Å². The van der Waals surface area contributed by atoms with Crippen molar-refractivity contribution in [2.75, 3.05) is 25.0 Å². The Balaban J connectivity index is 1.50. The number of nitrogens with one attached hydrogen (secondary N) is 1. The minimum atomic E-state index is -0.348. The summed E-state index contributed by atoms with van der Waals surface area (Å²) in [7, 11) is 1.73. The fraction of sp³-hybridized carbons (Fsp3) is 0.276. The number of hydrogen-bond donors (Lipinski definition) is 1. The molecule has 0 saturated carbocycles. The third-order valence-electron chi connectivity index (χ3n) is 6.84. The van der Waals surface area contributed by atoms with Crippen molar-refractivity contribution in [2.24, 2.45) is 7.05 Å². The second kappa shape index (κ2) is 10.8. The third kappa shape index (κ3) is 5.21. The van der Waals surface area contributed by atoms with E-state index in [-0.39, 0.29) is 17.4 Å². The van der Waals surface area contributed by atoms with Gasteiger partial charge >= 0.3 is 0 Å². The highest BCUT2D eigenvalue weighted by atomic mass is 19.1. The molecule has 2 aromatic carbocycles. The Bertz CT molecular complexity index is 1350. The lowest BCUT2D eigenvalue weighted by Gasteiger charge is -2.28. The highest BCUT2D eigenvalue weighted by Gasteiger charge is 2.24. The Morgan fingerprint density at radius 3 is 2.33 bits per heavy atom. The molecule has 1 N–H and O–H groups in total. The number of aromatic nitrogens is 3. The molecular weight excluding hydrogens is 453 g/mol. The first-order valence-electron chi connectivity index (χ1n) is 12.4. The number of nitrogens with zero attached hydrogens (tertiary/aromatic N) is 4. The molecule has 7 heteroatoms. The first-order valence-corrected chi connectivity index (χ1v) is 12.4. The van der Waals surface area contributed by atoms with E-state index in [0.717, 1.165) is 25.1 Å². The van der Waals surface area contributed by atoms with Crippen LogP contribution in [0.1, 0.15) is 18.4 Å². The third-order valence-corrected chi connectivity index (χ3v) is 6.84. The fourth-order valence-electron chi connectivity index (χ4n) is 4.89. The van der Waals surface area contributed by atoms with Gasteiger partial charge in [0.1, 0.15) is 5.82 Å². The lowest BCUT2D eigenvalue weighted by atomic mass is 10.0. The molecule has 1 fully saturated rings. The van der Waals surface area contributed by atoms with Crippen LogP contribution in [0.2, 0.25) is 0 Å². The lowest BCUT2D eigenvalue weighted by molar-refractivity contribution is 0.250. The van der Waals surface area contributed by atoms with Crippen LogP contribution in [0.5, 0.6) is 0 Å². The average molecular weight is 484 g/mol. The molecule has 0 spiro atoms. The van der Waals surface area contributed by atoms with Crippen molar-refractivity contribution in [2.45, 2.75) is 25.3 Å². The molecule has 5 rings (SSSR count). The van der Waals surface area contributed by atoms with Crippen LogP contribution in [0, 0.1) is 5.82 Å². The van der Waals surface area contributed by atoms with E-state index in [4.69, 9.17) is 4.98 Å². The predicted molar refractivity (Wildman–Crippen MR) is 141 cm³/mol. The molecular formula is C29H30FN5O. The molecule has 1 aliphatic rings. The van der Waals surface area contributed by atoms with E-state index in [2.05, 4.69) is 39.5 Å². The van der Waals surface area contributed by atoms with Gasteiger partial charge in [-0.15, -0.1) is 0 Å². The zero-order valence-electron chi connectivity index (χ0n) is 20.4. The summed E-state index contributed by atoms with van der Waals surface area (Å²) >= 11 is 0. The molecule has 2 aromatic heterocycles. The van der Waals surface area contributed by atoms with Crippen LogP contribution in [0.4, 0.5) is 10.3 Å². The Hall–Kier alpha value is -3.84. The van der Waals surface area contributed by atoms with Crippen LogP contribution in [0.3, 0.4) is 0 Å². The number of halogens is 1. The molecule has 1 atom stereocenters. The summed E-state index contributed by atoms with van der Waals surface area (Å²) in [6, 6.07) is 20.4. The van der Waals surface area contributed by atoms with E-state index >= 15 is 0 Å². The number of hydrogen-bond acceptors (Lipinski definition) is 5. The summed E-state index contributed by atoms with van der Waals surface area (Å²) in [6.07, 6.45) is 6.70. The van der Waals surface area contributed by atoms with Gasteiger partial charge in [0.25, 0.3) is 5.56 Å². The summed E-state index contributed by atoms with van der Waals surface area (Å²) in [6.45, 7) is 2.83. The summed E-state index contributed by atoms with van der Waals surface area (Å²) in [5.41, 5.74) is 3.51. The van der Waals surface area contributed by atoms with Gasteiger partial charge in [0.05, 0.1) is 11.3 Å². The molecule has 6 nitrogen and oxygen atoms in total. The van der Waals surface area contributed by atoms with E-state index in [1.54, 1.807) is 36.1 Å². The van der Waals surface area contributed by atoms with Gasteiger partial charge in [-0.1, -0.05) is 42.5 Å². The molecule has 1 aliphatic heterocycles. The van der Waals surface area contributed by atoms with E-state index in [1.807, 2.05) is 18.2 Å². The smallest absolute Gasteiger partial charge is 0.263 e. The molecule has 1 saturated heterocycles. The van der Waals surface area contributed by atoms with Crippen LogP contribution < -0.4 is 10.9 Å². The lowest BCUT2D eigenvalue weighted by Crippen LogP contribution is -2.40. The van der Waals surface area contributed by atoms with E-state index in [9.17, 15) is 9.18 Å². The zero-order valence-corrected chi connectivity index (χ0v) is 20.4. The van der Waals surface area contributed by atoms with Gasteiger partial charge in [0.15, 0.2) is 0 Å². The quantitative estimate of drug-likeness (QED) is 0.391. The van der Waals surface area contributed by atoms with Crippen LogP contribution in [-0.2, 0) is 13.5 Å². The molecule has 0 bridgehead atoms. The topological polar surface area (TPSA) is 63.1 Å². The van der Waals surface area contributed by atoms with Gasteiger partial charge in [-0.05, 0) is 67.7 Å². The van der Waals surface area contributed by atoms with Crippen molar-refractivity contribution < 1.29 is 4.39 Å². The maximum atomic E-state index is 13.6. The van der Waals surface area contributed by atoms with E-state index in [0.29, 0.717) is 29.3 Å². The van der Waals surface area contributed by atoms with Gasteiger partial charge in [0, 0.05) is 37.6 Å². The van der Waals surface area contributed by atoms with E-state index < -0.39 is 0 Å². The van der Waals surface area contributed by atoms with Gasteiger partial charge in [0.2, 0.25) is 5.95 Å². The Morgan fingerprint density at radius 2 is 1.64 bits per heavy atom. The molecule has 0 radical (unpaired) electrons. The number of rotatable bonds is 8. The molecule has 0 aliphatic carbocycles. The predicted octanol–water partition coefficient (Wildman–Crippen LogP) is 4.77. The van der Waals surface area contributed by atoms with Gasteiger partial charge in [-0.25, -0.2) is 9.37 Å². The maximum absolute atomic E-state index is 13.6. The van der Waals surface area contributed by atoms with E-state index in [1.165, 1.54) is 30.5 Å². The summed E-state index contributed by atoms with van der Waals surface area (Å²) < 4.78 is 15.2. The fourth-order valence-corrected chi connectivity index (χ4v) is 4.89. The highest BCUT2D eigenvalue weighted by molar-refractivity contribution is 5.80. The molecule has 3 heterocycles. The SMILES string of the molecule is Cn1c(NCC(Cc2ccccc2)N2CCCC2)nc(-c2ccncc2)c(-c2ccc(F)cc2)c1=O. The number of likely N-dealkylation sites (tertiary alicyclic amines) is 1. The van der Waals surface area contributed by atoms with Crippen molar-refractivity contribution >= 4 is 5.95 Å². The summed E-state index contributed by atoms with van der Waals surface area (Å²) in [5, 5.41) is 3.48. The summed E-state index contributed by atoms with van der Waals surface area (Å²) in [4.78, 5) is 25.2. The zero-order chi connectivity index (χ0) is 24.9. The van der Waals surface area contributed by atoms with Crippen LogP contribution in [0.25, 0.3) is 22.4 Å². The summed E-state index contributed by atoms with van der Waals surface area (Å²) in [5.74, 6) is 0.161. The molecule has 1 unspecified atom stereocenters. The average Bonchev–Trinajstić information content (AvgIpc) is 3.45. The number of pyridine rings is 1. The van der Waals surface area contributed by atoms with Crippen LogP contribution in [0.15, 0.2) is 83.9 Å². The molecule has 184 valence electrons. The van der Waals surface area contributed by atoms with Gasteiger partial charge < -0.3 is 5.32 Å². The maximum Gasteiger partial charge on any atom is 0.263 e. The van der Waals surface area contributed by atoms with Crippen LogP contribution in [-0.4, -0.2) is 45.1 Å². The number of benzene rings is 2. The Kier molecular flexibility index (Phi) is 7.18. The minimum absolute atomic E-state index is 0.188. The second-order valence-electron chi connectivity index (χ2n) is 9.23. The Labute approximate surface area is 210 Å². The largest absolute Gasteiger partial charge is 0.354 e. The first kappa shape index (κ1) is 23.9. The first-order chi connectivity index (χ1) is 17.6. The normalized spacial score (nSPS) is 14.6. The van der Waals surface area contributed by atoms with Crippen molar-refractivity contribution in [1.29, 1.82) is 0 Å². The van der Waals surface area contributed by atoms with Crippen molar-refractivity contribution in [1.82, 2.24) is 19.4 Å². The molecule has 4 aromatic rings. The monoisotopic (exact) mass is 483 g/mol. The molecule has 36 heavy (non-hydrogen) atoms. The second-order valence-corrected chi connectivity index (χ2v) is 9.23. The van der Waals surface area contributed by atoms with Crippen LogP contribution >= 0.6 is 0 Å². The molecule has 0 amide bonds.